The molecule has 0 fully saturated rings. The summed E-state index contributed by atoms with van der Waals surface area (Å²) in [5.41, 5.74) is 1.23. The van der Waals surface area contributed by atoms with Gasteiger partial charge in [-0.05, 0) is 18.9 Å². The van der Waals surface area contributed by atoms with Gasteiger partial charge in [-0.3, -0.25) is 4.68 Å². The van der Waals surface area contributed by atoms with E-state index in [1.54, 1.807) is 0 Å². The van der Waals surface area contributed by atoms with E-state index in [0.717, 1.165) is 13.0 Å². The largest absolute Gasteiger partial charge is 0.273 e. The van der Waals surface area contributed by atoms with Crippen LogP contribution in [0.4, 0.5) is 0 Å². The number of rotatable bonds is 3. The lowest BCUT2D eigenvalue weighted by atomic mass is 10.3. The number of hydrogen-bond donors (Lipinski definition) is 0. The second kappa shape index (κ2) is 3.20. The van der Waals surface area contributed by atoms with Crippen molar-refractivity contribution < 1.29 is 0 Å². The Kier molecular flexibility index (Phi) is 2.26. The summed E-state index contributed by atoms with van der Waals surface area (Å²) >= 11 is 0. The van der Waals surface area contributed by atoms with Crippen LogP contribution in [0.25, 0.3) is 0 Å². The molecule has 0 N–H and O–H groups in total. The Morgan fingerprint density at radius 3 is 3.10 bits per heavy atom. The minimum absolute atomic E-state index is 0.917. The molecule has 0 aliphatic heterocycles. The molecule has 0 aliphatic carbocycles. The fourth-order valence-corrected chi connectivity index (χ4v) is 0.851. The van der Waals surface area contributed by atoms with E-state index in [1.165, 1.54) is 5.56 Å². The molecule has 0 saturated heterocycles. The van der Waals surface area contributed by atoms with Crippen LogP contribution < -0.4 is 0 Å². The first kappa shape index (κ1) is 7.06. The predicted molar refractivity (Wildman–Crippen MR) is 41.8 cm³/mol. The Bertz CT molecular complexity index is 213. The van der Waals surface area contributed by atoms with Crippen molar-refractivity contribution in [2.75, 3.05) is 0 Å². The van der Waals surface area contributed by atoms with Gasteiger partial charge in [0.05, 0.1) is 6.20 Å². The summed E-state index contributed by atoms with van der Waals surface area (Å²) in [6.45, 7) is 6.67. The van der Waals surface area contributed by atoms with E-state index in [9.17, 15) is 0 Å². The molecule has 0 aromatic carbocycles. The minimum atomic E-state index is 0.917. The molecule has 0 saturated carbocycles. The molecule has 0 amide bonds. The molecule has 0 unspecified atom stereocenters. The van der Waals surface area contributed by atoms with Crippen molar-refractivity contribution in [3.8, 4) is 0 Å². The first-order chi connectivity index (χ1) is 4.86. The van der Waals surface area contributed by atoms with E-state index in [-0.39, 0.29) is 0 Å². The molecule has 1 rings (SSSR count). The summed E-state index contributed by atoms with van der Waals surface area (Å²) in [5.74, 6) is 0. The quantitative estimate of drug-likeness (QED) is 0.577. The zero-order chi connectivity index (χ0) is 7.40. The van der Waals surface area contributed by atoms with E-state index in [2.05, 4.69) is 18.6 Å². The minimum Gasteiger partial charge on any atom is -0.273 e. The van der Waals surface area contributed by atoms with Gasteiger partial charge in [0, 0.05) is 12.7 Å². The molecule has 54 valence electrons. The van der Waals surface area contributed by atoms with E-state index >= 15 is 0 Å². The SMILES string of the molecule is C=CCc1cnn(CC)c1. The second-order valence-corrected chi connectivity index (χ2v) is 2.20. The Balaban J connectivity index is 2.67. The molecule has 0 atom stereocenters. The maximum Gasteiger partial charge on any atom is 0.0524 e. The van der Waals surface area contributed by atoms with Crippen molar-refractivity contribution in [3.05, 3.63) is 30.6 Å². The maximum absolute atomic E-state index is 4.12. The fraction of sp³-hybridized carbons (Fsp3) is 0.375. The average Bonchev–Trinajstić information content (AvgIpc) is 2.37. The van der Waals surface area contributed by atoms with Gasteiger partial charge in [-0.1, -0.05) is 6.08 Å². The molecule has 1 aromatic rings. The number of aromatic nitrogens is 2. The average molecular weight is 136 g/mol. The molecular weight excluding hydrogens is 124 g/mol. The second-order valence-electron chi connectivity index (χ2n) is 2.20. The highest BCUT2D eigenvalue weighted by Crippen LogP contribution is 1.98. The third kappa shape index (κ3) is 1.47. The normalized spacial score (nSPS) is 9.70. The van der Waals surface area contributed by atoms with Crippen LogP contribution in [0.15, 0.2) is 25.0 Å². The number of nitrogens with zero attached hydrogens (tertiary/aromatic N) is 2. The lowest BCUT2D eigenvalue weighted by molar-refractivity contribution is 0.659. The summed E-state index contributed by atoms with van der Waals surface area (Å²) in [6, 6.07) is 0. The van der Waals surface area contributed by atoms with E-state index in [4.69, 9.17) is 0 Å². The van der Waals surface area contributed by atoms with Crippen molar-refractivity contribution in [1.82, 2.24) is 9.78 Å². The first-order valence-corrected chi connectivity index (χ1v) is 3.49. The monoisotopic (exact) mass is 136 g/mol. The van der Waals surface area contributed by atoms with Crippen molar-refractivity contribution >= 4 is 0 Å². The van der Waals surface area contributed by atoms with E-state index < -0.39 is 0 Å². The van der Waals surface area contributed by atoms with Gasteiger partial charge in [0.1, 0.15) is 0 Å². The lowest BCUT2D eigenvalue weighted by Gasteiger charge is -1.89. The number of hydrogen-bond acceptors (Lipinski definition) is 1. The third-order valence-electron chi connectivity index (χ3n) is 1.39. The van der Waals surface area contributed by atoms with Crippen LogP contribution in [0, 0.1) is 0 Å². The molecule has 0 spiro atoms. The van der Waals surface area contributed by atoms with Crippen LogP contribution >= 0.6 is 0 Å². The molecule has 0 aliphatic rings. The van der Waals surface area contributed by atoms with Gasteiger partial charge in [-0.25, -0.2) is 0 Å². The lowest BCUT2D eigenvalue weighted by Crippen LogP contribution is -1.92. The number of aryl methyl sites for hydroxylation is 1. The standard InChI is InChI=1S/C8H12N2/c1-3-5-8-6-9-10(4-2)7-8/h3,6-7H,1,4-5H2,2H3. The van der Waals surface area contributed by atoms with Crippen molar-refractivity contribution in [3.63, 3.8) is 0 Å². The van der Waals surface area contributed by atoms with Crippen molar-refractivity contribution in [2.24, 2.45) is 0 Å². The summed E-state index contributed by atoms with van der Waals surface area (Å²) in [4.78, 5) is 0. The molecular formula is C8H12N2. The fourth-order valence-electron chi connectivity index (χ4n) is 0.851. The molecule has 0 bridgehead atoms. The summed E-state index contributed by atoms with van der Waals surface area (Å²) in [7, 11) is 0. The Labute approximate surface area is 61.2 Å². The summed E-state index contributed by atoms with van der Waals surface area (Å²) in [5, 5.41) is 4.12. The topological polar surface area (TPSA) is 17.8 Å². The maximum atomic E-state index is 4.12. The molecule has 2 heteroatoms. The van der Waals surface area contributed by atoms with Gasteiger partial charge in [0.25, 0.3) is 0 Å². The number of allylic oxidation sites excluding steroid dienone is 1. The first-order valence-electron chi connectivity index (χ1n) is 3.49. The molecule has 10 heavy (non-hydrogen) atoms. The van der Waals surface area contributed by atoms with Crippen LogP contribution in [0.3, 0.4) is 0 Å². The predicted octanol–water partition coefficient (Wildman–Crippen LogP) is 1.63. The van der Waals surface area contributed by atoms with Crippen LogP contribution in [0.2, 0.25) is 0 Å². The van der Waals surface area contributed by atoms with E-state index in [1.807, 2.05) is 23.2 Å². The van der Waals surface area contributed by atoms with Crippen LogP contribution in [0.1, 0.15) is 12.5 Å². The van der Waals surface area contributed by atoms with Crippen molar-refractivity contribution in [2.45, 2.75) is 19.9 Å². The van der Waals surface area contributed by atoms with Gasteiger partial charge in [0.2, 0.25) is 0 Å². The van der Waals surface area contributed by atoms with Crippen molar-refractivity contribution in [1.29, 1.82) is 0 Å². The van der Waals surface area contributed by atoms with Crippen LogP contribution in [-0.4, -0.2) is 9.78 Å². The van der Waals surface area contributed by atoms with Gasteiger partial charge >= 0.3 is 0 Å². The highest BCUT2D eigenvalue weighted by molar-refractivity contribution is 5.07. The third-order valence-corrected chi connectivity index (χ3v) is 1.39. The Hall–Kier alpha value is -1.05. The van der Waals surface area contributed by atoms with E-state index in [0.29, 0.717) is 0 Å². The van der Waals surface area contributed by atoms with Gasteiger partial charge in [0.15, 0.2) is 0 Å². The zero-order valence-electron chi connectivity index (χ0n) is 6.25. The molecule has 1 heterocycles. The molecule has 1 aromatic heterocycles. The molecule has 2 nitrogen and oxygen atoms in total. The molecule has 0 radical (unpaired) electrons. The highest BCUT2D eigenvalue weighted by atomic mass is 15.3. The van der Waals surface area contributed by atoms with Gasteiger partial charge < -0.3 is 0 Å². The highest BCUT2D eigenvalue weighted by Gasteiger charge is 1.92. The van der Waals surface area contributed by atoms with Gasteiger partial charge in [-0.2, -0.15) is 5.10 Å². The summed E-state index contributed by atoms with van der Waals surface area (Å²) < 4.78 is 1.92. The summed E-state index contributed by atoms with van der Waals surface area (Å²) in [6.07, 6.45) is 6.73. The van der Waals surface area contributed by atoms with Gasteiger partial charge in [-0.15, -0.1) is 6.58 Å². The Morgan fingerprint density at radius 2 is 2.60 bits per heavy atom. The smallest absolute Gasteiger partial charge is 0.0524 e. The zero-order valence-corrected chi connectivity index (χ0v) is 6.25. The van der Waals surface area contributed by atoms with Crippen LogP contribution in [0.5, 0.6) is 0 Å². The van der Waals surface area contributed by atoms with Crippen LogP contribution in [-0.2, 0) is 13.0 Å². The Morgan fingerprint density at radius 1 is 1.80 bits per heavy atom.